The molecule has 7 heteroatoms. The standard InChI is InChI=1S/C12H30O4Si3/c1-10-11(2)19(9)15-17(5,6)13-12(3,4)14-18(7,8)16-19/h11H,10H2,1-9H3. The van der Waals surface area contributed by atoms with Gasteiger partial charge >= 0.3 is 25.7 Å². The van der Waals surface area contributed by atoms with E-state index < -0.39 is 31.5 Å². The van der Waals surface area contributed by atoms with E-state index in [-0.39, 0.29) is 0 Å². The highest BCUT2D eigenvalue weighted by Gasteiger charge is 2.53. The van der Waals surface area contributed by atoms with E-state index in [1.54, 1.807) is 0 Å². The predicted octanol–water partition coefficient (Wildman–Crippen LogP) is 4.08. The van der Waals surface area contributed by atoms with Crippen LogP contribution in [0.15, 0.2) is 0 Å². The van der Waals surface area contributed by atoms with Crippen molar-refractivity contribution in [3.63, 3.8) is 0 Å². The minimum absolute atomic E-state index is 0.430. The van der Waals surface area contributed by atoms with E-state index in [0.717, 1.165) is 6.42 Å². The number of rotatable bonds is 2. The van der Waals surface area contributed by atoms with Gasteiger partial charge in [0.05, 0.1) is 0 Å². The molecule has 19 heavy (non-hydrogen) atoms. The van der Waals surface area contributed by atoms with Crippen LogP contribution in [0.25, 0.3) is 0 Å². The average Bonchev–Trinajstić information content (AvgIpc) is 2.07. The predicted molar refractivity (Wildman–Crippen MR) is 84.7 cm³/mol. The molecule has 1 aliphatic heterocycles. The molecule has 0 aliphatic carbocycles. The van der Waals surface area contributed by atoms with Crippen molar-refractivity contribution in [3.05, 3.63) is 0 Å². The van der Waals surface area contributed by atoms with Crippen molar-refractivity contribution in [3.8, 4) is 0 Å². The molecule has 0 radical (unpaired) electrons. The van der Waals surface area contributed by atoms with Crippen LogP contribution in [-0.2, 0) is 17.1 Å². The highest BCUT2D eigenvalue weighted by Crippen LogP contribution is 2.38. The van der Waals surface area contributed by atoms with Gasteiger partial charge in [0.1, 0.15) is 5.79 Å². The SMILES string of the molecule is CCC(C)[Si]1(C)O[Si](C)(C)OC(C)(C)O[Si](C)(C)O1. The lowest BCUT2D eigenvalue weighted by Crippen LogP contribution is -2.64. The van der Waals surface area contributed by atoms with Gasteiger partial charge in [-0.2, -0.15) is 0 Å². The Balaban J connectivity index is 3.11. The van der Waals surface area contributed by atoms with Crippen LogP contribution in [0.4, 0.5) is 0 Å². The molecular weight excluding hydrogens is 292 g/mol. The van der Waals surface area contributed by atoms with Gasteiger partial charge in [0.15, 0.2) is 0 Å². The van der Waals surface area contributed by atoms with Crippen molar-refractivity contribution in [2.75, 3.05) is 0 Å². The molecule has 0 saturated carbocycles. The molecule has 1 atom stereocenters. The summed E-state index contributed by atoms with van der Waals surface area (Å²) in [7, 11) is -6.79. The molecule has 0 bridgehead atoms. The van der Waals surface area contributed by atoms with Crippen LogP contribution in [0, 0.1) is 0 Å². The van der Waals surface area contributed by atoms with Crippen LogP contribution in [-0.4, -0.2) is 31.5 Å². The van der Waals surface area contributed by atoms with Gasteiger partial charge in [-0.25, -0.2) is 0 Å². The van der Waals surface area contributed by atoms with Crippen molar-refractivity contribution < 1.29 is 17.1 Å². The maximum absolute atomic E-state index is 6.48. The summed E-state index contributed by atoms with van der Waals surface area (Å²) in [6.07, 6.45) is 1.06. The normalized spacial score (nSPS) is 30.2. The van der Waals surface area contributed by atoms with Crippen molar-refractivity contribution >= 4 is 25.7 Å². The summed E-state index contributed by atoms with van der Waals surface area (Å²) in [6, 6.07) is 0. The molecule has 0 aromatic carbocycles. The van der Waals surface area contributed by atoms with Gasteiger partial charge < -0.3 is 17.1 Å². The van der Waals surface area contributed by atoms with Crippen LogP contribution in [0.2, 0.25) is 38.3 Å². The first-order valence-electron chi connectivity index (χ1n) is 7.11. The van der Waals surface area contributed by atoms with Crippen molar-refractivity contribution in [2.24, 2.45) is 0 Å². The van der Waals surface area contributed by atoms with Crippen molar-refractivity contribution in [2.45, 2.75) is 78.2 Å². The third-order valence-corrected chi connectivity index (χ3v) is 14.7. The molecule has 4 nitrogen and oxygen atoms in total. The Morgan fingerprint density at radius 2 is 1.26 bits per heavy atom. The summed E-state index contributed by atoms with van der Waals surface area (Å²) in [5.74, 6) is -0.628. The lowest BCUT2D eigenvalue weighted by Gasteiger charge is -2.49. The molecule has 1 heterocycles. The Morgan fingerprint density at radius 3 is 1.58 bits per heavy atom. The topological polar surface area (TPSA) is 36.9 Å². The van der Waals surface area contributed by atoms with Crippen LogP contribution >= 0.6 is 0 Å². The van der Waals surface area contributed by atoms with Crippen molar-refractivity contribution in [1.82, 2.24) is 0 Å². The third kappa shape index (κ3) is 4.76. The summed E-state index contributed by atoms with van der Waals surface area (Å²) < 4.78 is 25.3. The fraction of sp³-hybridized carbons (Fsp3) is 1.00. The first kappa shape index (κ1) is 17.5. The lowest BCUT2D eigenvalue weighted by molar-refractivity contribution is -0.122. The first-order valence-corrected chi connectivity index (χ1v) is 15.1. The zero-order valence-electron chi connectivity index (χ0n) is 13.9. The van der Waals surface area contributed by atoms with Gasteiger partial charge in [0.25, 0.3) is 0 Å². The van der Waals surface area contributed by atoms with Gasteiger partial charge in [0.2, 0.25) is 0 Å². The Hall–Kier alpha value is 0.491. The summed E-state index contributed by atoms with van der Waals surface area (Å²) in [4.78, 5) is 0. The largest absolute Gasteiger partial charge is 0.415 e. The molecule has 0 amide bonds. The molecule has 0 N–H and O–H groups in total. The van der Waals surface area contributed by atoms with Gasteiger partial charge in [-0.3, -0.25) is 0 Å². The molecule has 114 valence electrons. The second-order valence-corrected chi connectivity index (χ2v) is 17.6. The van der Waals surface area contributed by atoms with Crippen LogP contribution in [0.5, 0.6) is 0 Å². The van der Waals surface area contributed by atoms with E-state index in [0.29, 0.717) is 5.54 Å². The molecule has 1 fully saturated rings. The highest BCUT2D eigenvalue weighted by molar-refractivity contribution is 6.86. The smallest absolute Gasteiger partial charge is 0.325 e. The quantitative estimate of drug-likeness (QED) is 0.718. The number of hydrogen-bond donors (Lipinski definition) is 0. The average molecular weight is 323 g/mol. The van der Waals surface area contributed by atoms with Gasteiger partial charge in [-0.05, 0) is 52.1 Å². The molecule has 0 spiro atoms. The summed E-state index contributed by atoms with van der Waals surface area (Å²) in [6.45, 7) is 18.8. The van der Waals surface area contributed by atoms with E-state index >= 15 is 0 Å². The Labute approximate surface area is 121 Å². The van der Waals surface area contributed by atoms with Gasteiger partial charge in [-0.1, -0.05) is 20.3 Å². The zero-order chi connectivity index (χ0) is 15.1. The van der Waals surface area contributed by atoms with Crippen LogP contribution < -0.4 is 0 Å². The number of hydrogen-bond acceptors (Lipinski definition) is 4. The van der Waals surface area contributed by atoms with Gasteiger partial charge in [0, 0.05) is 0 Å². The van der Waals surface area contributed by atoms with Crippen LogP contribution in [0.1, 0.15) is 34.1 Å². The minimum atomic E-state index is -2.28. The maximum atomic E-state index is 6.48. The second-order valence-electron chi connectivity index (χ2n) is 6.93. The maximum Gasteiger partial charge on any atom is 0.325 e. The zero-order valence-corrected chi connectivity index (χ0v) is 16.9. The second kappa shape index (κ2) is 5.36. The summed E-state index contributed by atoms with van der Waals surface area (Å²) >= 11 is 0. The van der Waals surface area contributed by atoms with Crippen LogP contribution in [0.3, 0.4) is 0 Å². The molecule has 1 saturated heterocycles. The lowest BCUT2D eigenvalue weighted by atomic mass is 10.4. The molecule has 0 aromatic rings. The van der Waals surface area contributed by atoms with E-state index in [9.17, 15) is 0 Å². The Morgan fingerprint density at radius 1 is 0.895 bits per heavy atom. The first-order chi connectivity index (χ1) is 8.31. The highest BCUT2D eigenvalue weighted by atomic mass is 28.5. The molecule has 1 aliphatic rings. The fourth-order valence-electron chi connectivity index (χ4n) is 2.82. The van der Waals surface area contributed by atoms with E-state index in [2.05, 4.69) is 46.6 Å². The Kier molecular flexibility index (Phi) is 4.95. The van der Waals surface area contributed by atoms with E-state index in [4.69, 9.17) is 17.1 Å². The molecule has 1 rings (SSSR count). The molecule has 1 unspecified atom stereocenters. The van der Waals surface area contributed by atoms with E-state index in [1.165, 1.54) is 0 Å². The summed E-state index contributed by atoms with van der Waals surface area (Å²) in [5, 5.41) is 0. The third-order valence-electron chi connectivity index (χ3n) is 3.39. The molecule has 0 aromatic heterocycles. The summed E-state index contributed by atoms with van der Waals surface area (Å²) in [5.41, 5.74) is 0.430. The van der Waals surface area contributed by atoms with E-state index in [1.807, 2.05) is 13.8 Å². The minimum Gasteiger partial charge on any atom is -0.415 e. The monoisotopic (exact) mass is 322 g/mol. The van der Waals surface area contributed by atoms with Gasteiger partial charge in [-0.15, -0.1) is 0 Å². The fourth-order valence-corrected chi connectivity index (χ4v) is 16.4. The van der Waals surface area contributed by atoms with Crippen molar-refractivity contribution in [1.29, 1.82) is 0 Å². The molecular formula is C12H30O4Si3. The Bertz CT molecular complexity index is 309.